The molecule has 3 N–H and O–H groups in total. The predicted octanol–water partition coefficient (Wildman–Crippen LogP) is -0.108. The SMILES string of the molecule is OCC12CCC(CO)(CC1)C2O. The smallest absolute Gasteiger partial charge is 0.0696 e. The first-order chi connectivity index (χ1) is 5.69. The molecule has 0 radical (unpaired) electrons. The van der Waals surface area contributed by atoms with Crippen molar-refractivity contribution in [2.45, 2.75) is 31.8 Å². The van der Waals surface area contributed by atoms with Gasteiger partial charge < -0.3 is 15.3 Å². The van der Waals surface area contributed by atoms with Crippen LogP contribution in [0.15, 0.2) is 0 Å². The fourth-order valence-electron chi connectivity index (χ4n) is 2.93. The molecular formula is C9H16O3. The molecule has 3 nitrogen and oxygen atoms in total. The van der Waals surface area contributed by atoms with Crippen LogP contribution in [0.25, 0.3) is 0 Å². The highest BCUT2D eigenvalue weighted by Crippen LogP contribution is 2.60. The topological polar surface area (TPSA) is 60.7 Å². The molecule has 2 aliphatic rings. The van der Waals surface area contributed by atoms with E-state index in [0.29, 0.717) is 0 Å². The van der Waals surface area contributed by atoms with E-state index in [1.54, 1.807) is 0 Å². The number of fused-ring (bicyclic) bond motifs is 2. The highest BCUT2D eigenvalue weighted by atomic mass is 16.3. The second-order valence-corrected chi connectivity index (χ2v) is 4.44. The van der Waals surface area contributed by atoms with Crippen LogP contribution < -0.4 is 0 Å². The summed E-state index contributed by atoms with van der Waals surface area (Å²) >= 11 is 0. The molecule has 0 saturated heterocycles. The summed E-state index contributed by atoms with van der Waals surface area (Å²) in [5.41, 5.74) is -0.550. The number of hydrogen-bond acceptors (Lipinski definition) is 3. The van der Waals surface area contributed by atoms with Gasteiger partial charge in [0.15, 0.2) is 0 Å². The van der Waals surface area contributed by atoms with Crippen molar-refractivity contribution in [3.05, 3.63) is 0 Å². The lowest BCUT2D eigenvalue weighted by atomic mass is 9.83. The van der Waals surface area contributed by atoms with Crippen molar-refractivity contribution >= 4 is 0 Å². The molecule has 3 heteroatoms. The minimum atomic E-state index is -0.486. The van der Waals surface area contributed by atoms with Gasteiger partial charge in [0.2, 0.25) is 0 Å². The van der Waals surface area contributed by atoms with E-state index in [1.165, 1.54) is 0 Å². The van der Waals surface area contributed by atoms with Crippen molar-refractivity contribution in [2.24, 2.45) is 10.8 Å². The molecule has 0 atom stereocenters. The Kier molecular flexibility index (Phi) is 1.72. The lowest BCUT2D eigenvalue weighted by molar-refractivity contribution is -0.0243. The maximum atomic E-state index is 9.91. The van der Waals surface area contributed by atoms with Gasteiger partial charge in [0, 0.05) is 10.8 Å². The van der Waals surface area contributed by atoms with Crippen molar-refractivity contribution in [2.75, 3.05) is 13.2 Å². The van der Waals surface area contributed by atoms with Crippen molar-refractivity contribution < 1.29 is 15.3 Å². The zero-order valence-electron chi connectivity index (χ0n) is 7.16. The molecule has 70 valence electrons. The maximum Gasteiger partial charge on any atom is 0.0696 e. The lowest BCUT2D eigenvalue weighted by Crippen LogP contribution is -2.36. The van der Waals surface area contributed by atoms with Crippen LogP contribution in [0.3, 0.4) is 0 Å². The number of rotatable bonds is 2. The Morgan fingerprint density at radius 3 is 1.42 bits per heavy atom. The molecule has 2 fully saturated rings. The summed E-state index contributed by atoms with van der Waals surface area (Å²) in [4.78, 5) is 0. The van der Waals surface area contributed by atoms with Crippen LogP contribution in [0.4, 0.5) is 0 Å². The van der Waals surface area contributed by atoms with Gasteiger partial charge in [0.25, 0.3) is 0 Å². The van der Waals surface area contributed by atoms with E-state index < -0.39 is 6.10 Å². The summed E-state index contributed by atoms with van der Waals surface area (Å²) in [7, 11) is 0. The Balaban J connectivity index is 2.27. The minimum absolute atomic E-state index is 0.0654. The van der Waals surface area contributed by atoms with Crippen molar-refractivity contribution in [3.63, 3.8) is 0 Å². The van der Waals surface area contributed by atoms with Gasteiger partial charge in [-0.05, 0) is 25.7 Å². The number of aliphatic hydroxyl groups is 3. The highest BCUT2D eigenvalue weighted by Gasteiger charge is 2.61. The fourth-order valence-corrected chi connectivity index (χ4v) is 2.93. The van der Waals surface area contributed by atoms with Crippen LogP contribution in [0.1, 0.15) is 25.7 Å². The van der Waals surface area contributed by atoms with Crippen LogP contribution in [0.5, 0.6) is 0 Å². The first-order valence-corrected chi connectivity index (χ1v) is 4.59. The average Bonchev–Trinajstić information content (AvgIpc) is 2.57. The lowest BCUT2D eigenvalue weighted by Gasteiger charge is -2.27. The number of aliphatic hydroxyl groups excluding tert-OH is 3. The van der Waals surface area contributed by atoms with Crippen LogP contribution in [0, 0.1) is 10.8 Å². The molecule has 2 bridgehead atoms. The molecule has 2 aliphatic carbocycles. The van der Waals surface area contributed by atoms with E-state index in [9.17, 15) is 15.3 Å². The van der Waals surface area contributed by atoms with Crippen LogP contribution in [-0.2, 0) is 0 Å². The Morgan fingerprint density at radius 1 is 0.917 bits per heavy atom. The van der Waals surface area contributed by atoms with E-state index in [1.807, 2.05) is 0 Å². The van der Waals surface area contributed by atoms with E-state index in [-0.39, 0.29) is 24.0 Å². The Bertz CT molecular complexity index is 162. The molecule has 12 heavy (non-hydrogen) atoms. The summed E-state index contributed by atoms with van der Waals surface area (Å²) in [6.45, 7) is 0.131. The summed E-state index contributed by atoms with van der Waals surface area (Å²) in [5, 5.41) is 28.3. The molecule has 0 aromatic heterocycles. The van der Waals surface area contributed by atoms with E-state index in [4.69, 9.17) is 0 Å². The molecular weight excluding hydrogens is 156 g/mol. The zero-order valence-corrected chi connectivity index (χ0v) is 7.16. The first kappa shape index (κ1) is 8.48. The molecule has 0 aromatic rings. The van der Waals surface area contributed by atoms with Crippen LogP contribution in [-0.4, -0.2) is 34.6 Å². The summed E-state index contributed by atoms with van der Waals surface area (Å²) < 4.78 is 0. The van der Waals surface area contributed by atoms with Gasteiger partial charge in [-0.2, -0.15) is 0 Å². The Morgan fingerprint density at radius 2 is 1.25 bits per heavy atom. The molecule has 0 aliphatic heterocycles. The Labute approximate surface area is 72.0 Å². The molecule has 2 saturated carbocycles. The van der Waals surface area contributed by atoms with Crippen molar-refractivity contribution in [3.8, 4) is 0 Å². The summed E-state index contributed by atoms with van der Waals surface area (Å²) in [5.74, 6) is 0. The molecule has 0 unspecified atom stereocenters. The van der Waals surface area contributed by atoms with Gasteiger partial charge in [0.05, 0.1) is 19.3 Å². The predicted molar refractivity (Wildman–Crippen MR) is 43.5 cm³/mol. The van der Waals surface area contributed by atoms with E-state index >= 15 is 0 Å². The van der Waals surface area contributed by atoms with Gasteiger partial charge >= 0.3 is 0 Å². The molecule has 0 amide bonds. The van der Waals surface area contributed by atoms with Gasteiger partial charge in [-0.1, -0.05) is 0 Å². The quantitative estimate of drug-likeness (QED) is 0.544. The largest absolute Gasteiger partial charge is 0.396 e. The van der Waals surface area contributed by atoms with Crippen LogP contribution >= 0.6 is 0 Å². The fraction of sp³-hybridized carbons (Fsp3) is 1.00. The highest BCUT2D eigenvalue weighted by molar-refractivity contribution is 5.10. The second-order valence-electron chi connectivity index (χ2n) is 4.44. The van der Waals surface area contributed by atoms with Gasteiger partial charge in [0.1, 0.15) is 0 Å². The average molecular weight is 172 g/mol. The van der Waals surface area contributed by atoms with Crippen LogP contribution in [0.2, 0.25) is 0 Å². The third kappa shape index (κ3) is 0.767. The first-order valence-electron chi connectivity index (χ1n) is 4.59. The van der Waals surface area contributed by atoms with Gasteiger partial charge in [-0.3, -0.25) is 0 Å². The molecule has 0 spiro atoms. The van der Waals surface area contributed by atoms with Gasteiger partial charge in [-0.25, -0.2) is 0 Å². The third-order valence-corrected chi connectivity index (χ3v) is 4.03. The maximum absolute atomic E-state index is 9.91. The molecule has 0 aromatic carbocycles. The standard InChI is InChI=1S/C9H16O3/c10-5-8-1-2-9(6-11,4-3-8)7(8)12/h7,10-12H,1-6H2. The summed E-state index contributed by atoms with van der Waals surface area (Å²) in [6, 6.07) is 0. The molecule has 0 heterocycles. The molecule has 2 rings (SSSR count). The number of hydrogen-bond donors (Lipinski definition) is 3. The summed E-state index contributed by atoms with van der Waals surface area (Å²) in [6.07, 6.45) is 2.98. The Hall–Kier alpha value is -0.120. The zero-order chi connectivity index (χ0) is 8.82. The monoisotopic (exact) mass is 172 g/mol. The minimum Gasteiger partial charge on any atom is -0.396 e. The van der Waals surface area contributed by atoms with Gasteiger partial charge in [-0.15, -0.1) is 0 Å². The van der Waals surface area contributed by atoms with E-state index in [2.05, 4.69) is 0 Å². The van der Waals surface area contributed by atoms with Crippen molar-refractivity contribution in [1.82, 2.24) is 0 Å². The third-order valence-electron chi connectivity index (χ3n) is 4.03. The normalized spacial score (nSPS) is 51.8. The second kappa shape index (κ2) is 2.44. The van der Waals surface area contributed by atoms with Crippen molar-refractivity contribution in [1.29, 1.82) is 0 Å². The van der Waals surface area contributed by atoms with E-state index in [0.717, 1.165) is 25.7 Å².